The van der Waals surface area contributed by atoms with E-state index in [9.17, 15) is 4.79 Å². The summed E-state index contributed by atoms with van der Waals surface area (Å²) in [5.41, 5.74) is 0.963. The number of hydrogen-bond acceptors (Lipinski definition) is 2. The fourth-order valence-electron chi connectivity index (χ4n) is 2.83. The van der Waals surface area contributed by atoms with Crippen LogP contribution in [0.2, 0.25) is 0 Å². The van der Waals surface area contributed by atoms with E-state index < -0.39 is 0 Å². The van der Waals surface area contributed by atoms with Gasteiger partial charge < -0.3 is 0 Å². The zero-order valence-electron chi connectivity index (χ0n) is 10.5. The van der Waals surface area contributed by atoms with Crippen LogP contribution < -0.4 is 0 Å². The highest BCUT2D eigenvalue weighted by molar-refractivity contribution is 9.10. The molecule has 0 saturated heterocycles. The van der Waals surface area contributed by atoms with Gasteiger partial charge in [0.05, 0.1) is 11.6 Å². The summed E-state index contributed by atoms with van der Waals surface area (Å²) in [7, 11) is 0. The van der Waals surface area contributed by atoms with E-state index >= 15 is 0 Å². The Kier molecular flexibility index (Phi) is 2.59. The molecule has 18 heavy (non-hydrogen) atoms. The van der Waals surface area contributed by atoms with Crippen molar-refractivity contribution in [2.45, 2.75) is 32.7 Å². The summed E-state index contributed by atoms with van der Waals surface area (Å²) < 4.78 is 3.02. The van der Waals surface area contributed by atoms with Crippen LogP contribution in [0.15, 0.2) is 28.9 Å². The third kappa shape index (κ3) is 1.79. The number of benzene rings is 1. The number of carbonyl (C=O) groups excluding carboxylic acids is 1. The Morgan fingerprint density at radius 3 is 2.83 bits per heavy atom. The molecule has 1 atom stereocenters. The first kappa shape index (κ1) is 11.9. The Bertz CT molecular complexity index is 630. The molecule has 1 unspecified atom stereocenters. The number of Topliss-reactive ketones (excluding diaryl/α,β-unsaturated/α-hetero) is 1. The van der Waals surface area contributed by atoms with Gasteiger partial charge in [0.15, 0.2) is 0 Å². The number of aromatic nitrogens is 2. The van der Waals surface area contributed by atoms with Gasteiger partial charge >= 0.3 is 0 Å². The lowest BCUT2D eigenvalue weighted by Gasteiger charge is -2.25. The van der Waals surface area contributed by atoms with Gasteiger partial charge in [0, 0.05) is 28.9 Å². The normalized spacial score (nSPS) is 22.8. The van der Waals surface area contributed by atoms with Gasteiger partial charge in [0.1, 0.15) is 5.78 Å². The van der Waals surface area contributed by atoms with Crippen LogP contribution in [0.25, 0.3) is 10.9 Å². The first-order chi connectivity index (χ1) is 8.47. The van der Waals surface area contributed by atoms with Gasteiger partial charge in [-0.05, 0) is 17.5 Å². The fraction of sp³-hybridized carbons (Fsp3) is 0.429. The molecule has 3 nitrogen and oxygen atoms in total. The number of fused-ring (bicyclic) bond motifs is 1. The molecular weight excluding hydrogens is 292 g/mol. The number of hydrogen-bond donors (Lipinski definition) is 0. The van der Waals surface area contributed by atoms with Gasteiger partial charge in [-0.1, -0.05) is 35.8 Å². The van der Waals surface area contributed by atoms with Crippen molar-refractivity contribution in [2.24, 2.45) is 5.41 Å². The first-order valence-electron chi connectivity index (χ1n) is 6.12. The van der Waals surface area contributed by atoms with E-state index in [1.54, 1.807) is 0 Å². The van der Waals surface area contributed by atoms with Crippen LogP contribution in [0.4, 0.5) is 0 Å². The van der Waals surface area contributed by atoms with E-state index in [4.69, 9.17) is 0 Å². The minimum atomic E-state index is -0.00833. The van der Waals surface area contributed by atoms with E-state index in [2.05, 4.69) is 34.9 Å². The van der Waals surface area contributed by atoms with E-state index in [1.807, 2.05) is 29.1 Å². The van der Waals surface area contributed by atoms with Crippen LogP contribution >= 0.6 is 15.9 Å². The number of halogens is 1. The van der Waals surface area contributed by atoms with Crippen molar-refractivity contribution in [3.05, 3.63) is 28.9 Å². The molecule has 1 heterocycles. The molecule has 0 radical (unpaired) electrons. The zero-order chi connectivity index (χ0) is 12.9. The summed E-state index contributed by atoms with van der Waals surface area (Å²) in [6.07, 6.45) is 3.29. The molecular formula is C14H15BrN2O. The van der Waals surface area contributed by atoms with Crippen molar-refractivity contribution < 1.29 is 4.79 Å². The standard InChI is InChI=1S/C14H15BrN2O/c1-14(2)7-9(18)6-13(14)17-8-10-11(15)4-3-5-12(10)16-17/h3-5,8,13H,6-7H2,1-2H3. The topological polar surface area (TPSA) is 34.9 Å². The molecule has 1 aromatic heterocycles. The number of rotatable bonds is 1. The predicted octanol–water partition coefficient (Wildman–Crippen LogP) is 3.73. The maximum Gasteiger partial charge on any atom is 0.135 e. The number of carbonyl (C=O) groups is 1. The predicted molar refractivity (Wildman–Crippen MR) is 74.5 cm³/mol. The first-order valence-corrected chi connectivity index (χ1v) is 6.92. The van der Waals surface area contributed by atoms with Gasteiger partial charge in [-0.2, -0.15) is 5.10 Å². The van der Waals surface area contributed by atoms with E-state index in [0.29, 0.717) is 18.6 Å². The SMILES string of the molecule is CC1(C)CC(=O)CC1n1cc2c(Br)cccc2n1. The van der Waals surface area contributed by atoms with Crippen molar-refractivity contribution in [1.29, 1.82) is 0 Å². The minimum absolute atomic E-state index is 0.00833. The second-order valence-electron chi connectivity index (χ2n) is 5.71. The summed E-state index contributed by atoms with van der Waals surface area (Å²) in [5.74, 6) is 0.337. The van der Waals surface area contributed by atoms with Crippen LogP contribution in [0.5, 0.6) is 0 Å². The molecule has 1 aliphatic rings. The van der Waals surface area contributed by atoms with Crippen LogP contribution in [0.1, 0.15) is 32.7 Å². The molecule has 1 fully saturated rings. The molecule has 0 aliphatic heterocycles. The van der Waals surface area contributed by atoms with Crippen LogP contribution in [-0.4, -0.2) is 15.6 Å². The molecule has 3 rings (SSSR count). The summed E-state index contributed by atoms with van der Waals surface area (Å²) in [6.45, 7) is 4.29. The zero-order valence-corrected chi connectivity index (χ0v) is 12.1. The molecule has 0 N–H and O–H groups in total. The van der Waals surface area contributed by atoms with E-state index in [0.717, 1.165) is 15.4 Å². The van der Waals surface area contributed by atoms with Crippen molar-refractivity contribution >= 4 is 32.6 Å². The second kappa shape index (κ2) is 3.92. The molecule has 0 spiro atoms. The van der Waals surface area contributed by atoms with Crippen LogP contribution in [-0.2, 0) is 4.79 Å². The summed E-state index contributed by atoms with van der Waals surface area (Å²) >= 11 is 3.54. The fourth-order valence-corrected chi connectivity index (χ4v) is 3.29. The summed E-state index contributed by atoms with van der Waals surface area (Å²) in [4.78, 5) is 11.7. The molecule has 0 amide bonds. The molecule has 1 saturated carbocycles. The van der Waals surface area contributed by atoms with E-state index in [-0.39, 0.29) is 11.5 Å². The Morgan fingerprint density at radius 1 is 1.44 bits per heavy atom. The molecule has 0 bridgehead atoms. The highest BCUT2D eigenvalue weighted by atomic mass is 79.9. The van der Waals surface area contributed by atoms with Crippen molar-refractivity contribution in [3.8, 4) is 0 Å². The highest BCUT2D eigenvalue weighted by Gasteiger charge is 2.41. The monoisotopic (exact) mass is 306 g/mol. The molecule has 1 aliphatic carbocycles. The van der Waals surface area contributed by atoms with Gasteiger partial charge in [-0.25, -0.2) is 0 Å². The number of nitrogens with zero attached hydrogens (tertiary/aromatic N) is 2. The summed E-state index contributed by atoms with van der Waals surface area (Å²) in [5, 5.41) is 5.72. The lowest BCUT2D eigenvalue weighted by Crippen LogP contribution is -2.21. The van der Waals surface area contributed by atoms with Gasteiger partial charge in [0.25, 0.3) is 0 Å². The van der Waals surface area contributed by atoms with Crippen LogP contribution in [0, 0.1) is 5.41 Å². The third-order valence-corrected chi connectivity index (χ3v) is 4.50. The van der Waals surface area contributed by atoms with E-state index in [1.165, 1.54) is 0 Å². The molecule has 4 heteroatoms. The Hall–Kier alpha value is -1.16. The maximum atomic E-state index is 11.7. The van der Waals surface area contributed by atoms with Crippen molar-refractivity contribution in [1.82, 2.24) is 9.78 Å². The summed E-state index contributed by atoms with van der Waals surface area (Å²) in [6, 6.07) is 6.17. The highest BCUT2D eigenvalue weighted by Crippen LogP contribution is 2.44. The average Bonchev–Trinajstić information content (AvgIpc) is 2.79. The molecule has 94 valence electrons. The van der Waals surface area contributed by atoms with Crippen molar-refractivity contribution in [2.75, 3.05) is 0 Å². The second-order valence-corrected chi connectivity index (χ2v) is 6.56. The lowest BCUT2D eigenvalue weighted by molar-refractivity contribution is -0.117. The average molecular weight is 307 g/mol. The number of ketones is 1. The largest absolute Gasteiger partial charge is 0.300 e. The van der Waals surface area contributed by atoms with Crippen molar-refractivity contribution in [3.63, 3.8) is 0 Å². The smallest absolute Gasteiger partial charge is 0.135 e. The Balaban J connectivity index is 2.10. The van der Waals surface area contributed by atoms with Gasteiger partial charge in [0.2, 0.25) is 0 Å². The van der Waals surface area contributed by atoms with Gasteiger partial charge in [-0.3, -0.25) is 9.48 Å². The molecule has 1 aromatic carbocycles. The minimum Gasteiger partial charge on any atom is -0.300 e. The molecule has 2 aromatic rings. The quantitative estimate of drug-likeness (QED) is 0.804. The Morgan fingerprint density at radius 2 is 2.22 bits per heavy atom. The Labute approximate surface area is 114 Å². The van der Waals surface area contributed by atoms with Crippen LogP contribution in [0.3, 0.4) is 0 Å². The maximum absolute atomic E-state index is 11.7. The lowest BCUT2D eigenvalue weighted by atomic mass is 9.87. The third-order valence-electron chi connectivity index (χ3n) is 3.81. The van der Waals surface area contributed by atoms with Gasteiger partial charge in [-0.15, -0.1) is 0 Å².